The maximum Gasteiger partial charge on any atom is 0.306 e. The zero-order chi connectivity index (χ0) is 15.2. The molecule has 0 aromatic rings. The van der Waals surface area contributed by atoms with Gasteiger partial charge in [-0.1, -0.05) is 57.6 Å². The zero-order valence-corrected chi connectivity index (χ0v) is 14.0. The maximum atomic E-state index is 11.6. The van der Waals surface area contributed by atoms with Gasteiger partial charge in [-0.05, 0) is 39.0 Å². The number of unbranched alkanes of at least 4 members (excludes halogenated alkanes) is 5. The molecule has 0 aliphatic rings. The van der Waals surface area contributed by atoms with Gasteiger partial charge in [-0.25, -0.2) is 0 Å². The van der Waals surface area contributed by atoms with Crippen LogP contribution in [0, 0.1) is 5.92 Å². The van der Waals surface area contributed by atoms with Crippen molar-refractivity contribution in [1.29, 1.82) is 0 Å². The van der Waals surface area contributed by atoms with E-state index in [1.807, 2.05) is 0 Å². The highest BCUT2D eigenvalue weighted by molar-refractivity contribution is 5.69. The monoisotopic (exact) mass is 282 g/mol. The number of carbonyl (C=O) groups is 1. The van der Waals surface area contributed by atoms with Crippen molar-refractivity contribution in [2.24, 2.45) is 5.92 Å². The SMILES string of the molecule is CCCCCCCCOC(=O)C[C@@H](C)CCC=C(C)C. The fraction of sp³-hybridized carbons (Fsp3) is 0.833. The molecule has 0 heterocycles. The van der Waals surface area contributed by atoms with Gasteiger partial charge in [0.25, 0.3) is 0 Å². The Labute approximate surface area is 126 Å². The first-order chi connectivity index (χ1) is 9.56. The summed E-state index contributed by atoms with van der Waals surface area (Å²) < 4.78 is 5.29. The van der Waals surface area contributed by atoms with Crippen molar-refractivity contribution in [3.63, 3.8) is 0 Å². The first kappa shape index (κ1) is 19.2. The van der Waals surface area contributed by atoms with E-state index in [1.165, 1.54) is 37.7 Å². The molecule has 20 heavy (non-hydrogen) atoms. The molecule has 0 fully saturated rings. The van der Waals surface area contributed by atoms with Crippen LogP contribution in [0.1, 0.15) is 85.5 Å². The fourth-order valence-electron chi connectivity index (χ4n) is 2.17. The number of hydrogen-bond acceptors (Lipinski definition) is 2. The quantitative estimate of drug-likeness (QED) is 0.262. The van der Waals surface area contributed by atoms with Crippen molar-refractivity contribution in [3.8, 4) is 0 Å². The van der Waals surface area contributed by atoms with Gasteiger partial charge in [0.15, 0.2) is 0 Å². The lowest BCUT2D eigenvalue weighted by molar-refractivity contribution is -0.144. The lowest BCUT2D eigenvalue weighted by Crippen LogP contribution is -2.10. The van der Waals surface area contributed by atoms with Gasteiger partial charge in [0.2, 0.25) is 0 Å². The van der Waals surface area contributed by atoms with E-state index < -0.39 is 0 Å². The minimum Gasteiger partial charge on any atom is -0.466 e. The molecule has 0 aromatic heterocycles. The molecule has 2 heteroatoms. The maximum absolute atomic E-state index is 11.6. The van der Waals surface area contributed by atoms with Crippen LogP contribution >= 0.6 is 0 Å². The molecule has 0 aliphatic heterocycles. The van der Waals surface area contributed by atoms with Gasteiger partial charge in [0.05, 0.1) is 6.61 Å². The van der Waals surface area contributed by atoms with E-state index >= 15 is 0 Å². The van der Waals surface area contributed by atoms with E-state index in [0.717, 1.165) is 19.3 Å². The van der Waals surface area contributed by atoms with Gasteiger partial charge in [0.1, 0.15) is 0 Å². The molecule has 118 valence electrons. The van der Waals surface area contributed by atoms with Crippen molar-refractivity contribution in [2.45, 2.75) is 85.5 Å². The van der Waals surface area contributed by atoms with E-state index in [4.69, 9.17) is 4.74 Å². The first-order valence-electron chi connectivity index (χ1n) is 8.35. The van der Waals surface area contributed by atoms with Gasteiger partial charge in [-0.3, -0.25) is 4.79 Å². The van der Waals surface area contributed by atoms with E-state index in [0.29, 0.717) is 18.9 Å². The third kappa shape index (κ3) is 13.6. The first-order valence-corrected chi connectivity index (χ1v) is 8.35. The largest absolute Gasteiger partial charge is 0.466 e. The molecule has 1 atom stereocenters. The number of carbonyl (C=O) groups excluding carboxylic acids is 1. The number of rotatable bonds is 12. The average Bonchev–Trinajstić information content (AvgIpc) is 2.37. The molecule has 0 aliphatic carbocycles. The van der Waals surface area contributed by atoms with E-state index in [-0.39, 0.29) is 5.97 Å². The third-order valence-corrected chi connectivity index (χ3v) is 3.49. The molecule has 0 spiro atoms. The summed E-state index contributed by atoms with van der Waals surface area (Å²) in [6, 6.07) is 0. The number of hydrogen-bond donors (Lipinski definition) is 0. The molecule has 0 saturated heterocycles. The number of esters is 1. The van der Waals surface area contributed by atoms with Crippen LogP contribution in [0.15, 0.2) is 11.6 Å². The Balaban J connectivity index is 3.46. The van der Waals surface area contributed by atoms with Gasteiger partial charge >= 0.3 is 5.97 Å². The second-order valence-corrected chi connectivity index (χ2v) is 6.16. The van der Waals surface area contributed by atoms with Crippen LogP contribution in [0.5, 0.6) is 0 Å². The van der Waals surface area contributed by atoms with E-state index in [9.17, 15) is 4.79 Å². The van der Waals surface area contributed by atoms with Crippen molar-refractivity contribution in [3.05, 3.63) is 11.6 Å². The van der Waals surface area contributed by atoms with E-state index in [2.05, 4.69) is 33.8 Å². The fourth-order valence-corrected chi connectivity index (χ4v) is 2.17. The van der Waals surface area contributed by atoms with Crippen LogP contribution in [0.4, 0.5) is 0 Å². The summed E-state index contributed by atoms with van der Waals surface area (Å²) in [5.74, 6) is 0.394. The second-order valence-electron chi connectivity index (χ2n) is 6.16. The predicted octanol–water partition coefficient (Wildman–Crippen LogP) is 5.66. The van der Waals surface area contributed by atoms with Crippen LogP contribution in [-0.4, -0.2) is 12.6 Å². The highest BCUT2D eigenvalue weighted by atomic mass is 16.5. The molecule has 0 saturated carbocycles. The molecule has 0 bridgehead atoms. The number of allylic oxidation sites excluding steroid dienone is 2. The minimum atomic E-state index is -0.0248. The zero-order valence-electron chi connectivity index (χ0n) is 14.0. The van der Waals surface area contributed by atoms with Crippen LogP contribution in [-0.2, 0) is 9.53 Å². The van der Waals surface area contributed by atoms with Gasteiger partial charge in [-0.15, -0.1) is 0 Å². The summed E-state index contributed by atoms with van der Waals surface area (Å²) in [4.78, 5) is 11.6. The molecular formula is C18H34O2. The molecular weight excluding hydrogens is 248 g/mol. The van der Waals surface area contributed by atoms with Crippen molar-refractivity contribution >= 4 is 5.97 Å². The standard InChI is InChI=1S/C18H34O2/c1-5-6-7-8-9-10-14-20-18(19)15-17(4)13-11-12-16(2)3/h12,17H,5-11,13-15H2,1-4H3/t17-/m0/s1. The Morgan fingerprint density at radius 1 is 1.10 bits per heavy atom. The van der Waals surface area contributed by atoms with Crippen molar-refractivity contribution in [1.82, 2.24) is 0 Å². The highest BCUT2D eigenvalue weighted by Crippen LogP contribution is 2.13. The molecule has 0 radical (unpaired) electrons. The third-order valence-electron chi connectivity index (χ3n) is 3.49. The lowest BCUT2D eigenvalue weighted by Gasteiger charge is -2.10. The average molecular weight is 282 g/mol. The van der Waals surface area contributed by atoms with Gasteiger partial charge in [-0.2, -0.15) is 0 Å². The van der Waals surface area contributed by atoms with Crippen LogP contribution in [0.25, 0.3) is 0 Å². The topological polar surface area (TPSA) is 26.3 Å². The smallest absolute Gasteiger partial charge is 0.306 e. The minimum absolute atomic E-state index is 0.0248. The molecule has 0 rings (SSSR count). The Bertz CT molecular complexity index is 265. The van der Waals surface area contributed by atoms with Crippen LogP contribution in [0.2, 0.25) is 0 Å². The van der Waals surface area contributed by atoms with Crippen LogP contribution < -0.4 is 0 Å². The molecule has 0 unspecified atom stereocenters. The van der Waals surface area contributed by atoms with Crippen molar-refractivity contribution in [2.75, 3.05) is 6.61 Å². The molecule has 2 nitrogen and oxygen atoms in total. The van der Waals surface area contributed by atoms with Crippen molar-refractivity contribution < 1.29 is 9.53 Å². The lowest BCUT2D eigenvalue weighted by atomic mass is 10.0. The van der Waals surface area contributed by atoms with Gasteiger partial charge in [0, 0.05) is 6.42 Å². The Morgan fingerprint density at radius 2 is 1.75 bits per heavy atom. The highest BCUT2D eigenvalue weighted by Gasteiger charge is 2.09. The Hall–Kier alpha value is -0.790. The second kappa shape index (κ2) is 13.2. The summed E-state index contributed by atoms with van der Waals surface area (Å²) in [6.07, 6.45) is 12.3. The molecule has 0 N–H and O–H groups in total. The summed E-state index contributed by atoms with van der Waals surface area (Å²) in [5, 5.41) is 0. The summed E-state index contributed by atoms with van der Waals surface area (Å²) >= 11 is 0. The summed E-state index contributed by atoms with van der Waals surface area (Å²) in [6.45, 7) is 9.18. The van der Waals surface area contributed by atoms with Crippen LogP contribution in [0.3, 0.4) is 0 Å². The molecule has 0 aromatic carbocycles. The van der Waals surface area contributed by atoms with Gasteiger partial charge < -0.3 is 4.74 Å². The Kier molecular flexibility index (Phi) is 12.7. The molecule has 0 amide bonds. The Morgan fingerprint density at radius 3 is 2.40 bits per heavy atom. The number of ether oxygens (including phenoxy) is 1. The normalized spacial score (nSPS) is 12.0. The summed E-state index contributed by atoms with van der Waals surface area (Å²) in [7, 11) is 0. The summed E-state index contributed by atoms with van der Waals surface area (Å²) in [5.41, 5.74) is 1.35. The van der Waals surface area contributed by atoms with E-state index in [1.54, 1.807) is 0 Å². The predicted molar refractivity (Wildman–Crippen MR) is 86.8 cm³/mol.